The second kappa shape index (κ2) is 7.14. The molecule has 0 spiro atoms. The van der Waals surface area contributed by atoms with Crippen molar-refractivity contribution in [2.24, 2.45) is 0 Å². The highest BCUT2D eigenvalue weighted by Crippen LogP contribution is 2.27. The first-order chi connectivity index (χ1) is 9.31. The Bertz CT molecular complexity index is 531. The van der Waals surface area contributed by atoms with E-state index >= 15 is 0 Å². The molecule has 0 amide bonds. The van der Waals surface area contributed by atoms with Gasteiger partial charge in [-0.05, 0) is 24.6 Å². The number of thioether (sulfide) groups is 1. The summed E-state index contributed by atoms with van der Waals surface area (Å²) in [6, 6.07) is 10.8. The topological polar surface area (TPSA) is 24.9 Å². The van der Waals surface area contributed by atoms with E-state index in [0.29, 0.717) is 10.6 Å². The first-order valence-corrected chi connectivity index (χ1v) is 7.35. The Labute approximate surface area is 117 Å². The fourth-order valence-electron chi connectivity index (χ4n) is 1.67. The number of anilines is 1. The van der Waals surface area contributed by atoms with Gasteiger partial charge in [-0.15, -0.1) is 11.8 Å². The highest BCUT2D eigenvalue weighted by atomic mass is 32.2. The van der Waals surface area contributed by atoms with Crippen molar-refractivity contribution in [2.75, 3.05) is 11.9 Å². The monoisotopic (exact) mass is 276 g/mol. The van der Waals surface area contributed by atoms with Crippen LogP contribution < -0.4 is 5.32 Å². The quantitative estimate of drug-likeness (QED) is 0.795. The highest BCUT2D eigenvalue weighted by molar-refractivity contribution is 7.98. The fraction of sp³-hybridized carbons (Fsp3) is 0.267. The summed E-state index contributed by atoms with van der Waals surface area (Å²) in [6.45, 7) is 3.01. The first-order valence-electron chi connectivity index (χ1n) is 6.36. The Kier molecular flexibility index (Phi) is 5.21. The average molecular weight is 276 g/mol. The molecule has 1 aromatic heterocycles. The van der Waals surface area contributed by atoms with Crippen LogP contribution in [0.3, 0.4) is 0 Å². The van der Waals surface area contributed by atoms with E-state index in [1.807, 2.05) is 18.2 Å². The molecule has 0 fully saturated rings. The molecule has 0 aliphatic rings. The van der Waals surface area contributed by atoms with Crippen LogP contribution in [0, 0.1) is 5.82 Å². The van der Waals surface area contributed by atoms with Gasteiger partial charge >= 0.3 is 0 Å². The van der Waals surface area contributed by atoms with Crippen molar-refractivity contribution in [1.82, 2.24) is 4.98 Å². The minimum absolute atomic E-state index is 0.167. The molecule has 1 aromatic carbocycles. The molecular formula is C15H17FN2S. The third kappa shape index (κ3) is 3.96. The number of hydrogen-bond acceptors (Lipinski definition) is 3. The number of hydrogen-bond donors (Lipinski definition) is 1. The lowest BCUT2D eigenvalue weighted by molar-refractivity contribution is 0.602. The molecule has 19 heavy (non-hydrogen) atoms. The number of pyridine rings is 1. The fourth-order valence-corrected chi connectivity index (χ4v) is 2.60. The summed E-state index contributed by atoms with van der Waals surface area (Å²) < 4.78 is 13.5. The van der Waals surface area contributed by atoms with Gasteiger partial charge in [-0.25, -0.2) is 9.37 Å². The van der Waals surface area contributed by atoms with E-state index in [9.17, 15) is 4.39 Å². The third-order valence-electron chi connectivity index (χ3n) is 2.65. The van der Waals surface area contributed by atoms with E-state index in [1.165, 1.54) is 17.8 Å². The van der Waals surface area contributed by atoms with E-state index < -0.39 is 0 Å². The van der Waals surface area contributed by atoms with E-state index in [2.05, 4.69) is 17.2 Å². The van der Waals surface area contributed by atoms with Gasteiger partial charge in [0.05, 0.1) is 0 Å². The molecule has 1 heterocycles. The zero-order valence-electron chi connectivity index (χ0n) is 10.9. The summed E-state index contributed by atoms with van der Waals surface area (Å²) in [6.07, 6.45) is 2.83. The van der Waals surface area contributed by atoms with Crippen LogP contribution in [0.25, 0.3) is 0 Å². The van der Waals surface area contributed by atoms with E-state index in [0.717, 1.165) is 24.3 Å². The van der Waals surface area contributed by atoms with Crippen molar-refractivity contribution in [3.05, 3.63) is 54.0 Å². The summed E-state index contributed by atoms with van der Waals surface area (Å²) in [4.78, 5) is 5.01. The molecule has 1 N–H and O–H groups in total. The first kappa shape index (κ1) is 13.9. The molecule has 0 atom stereocenters. The molecule has 0 aliphatic heterocycles. The lowest BCUT2D eigenvalue weighted by Crippen LogP contribution is -2.04. The van der Waals surface area contributed by atoms with E-state index in [4.69, 9.17) is 0 Å². The Balaban J connectivity index is 2.05. The third-order valence-corrected chi connectivity index (χ3v) is 3.75. The molecule has 0 saturated carbocycles. The summed E-state index contributed by atoms with van der Waals surface area (Å²) in [7, 11) is 0. The molecule has 0 bridgehead atoms. The maximum Gasteiger partial charge on any atom is 0.136 e. The average Bonchev–Trinajstić information content (AvgIpc) is 2.45. The summed E-state index contributed by atoms with van der Waals surface area (Å²) in [5.74, 6) is 1.44. The number of rotatable bonds is 6. The summed E-state index contributed by atoms with van der Waals surface area (Å²) >= 11 is 1.49. The van der Waals surface area contributed by atoms with Gasteiger partial charge in [0.1, 0.15) is 11.6 Å². The second-order valence-corrected chi connectivity index (χ2v) is 5.17. The molecular weight excluding hydrogens is 259 g/mol. The Morgan fingerprint density at radius 3 is 2.84 bits per heavy atom. The van der Waals surface area contributed by atoms with Gasteiger partial charge < -0.3 is 5.32 Å². The minimum Gasteiger partial charge on any atom is -0.370 e. The SMILES string of the molecule is CCCNc1ncccc1CSc1ccccc1F. The maximum atomic E-state index is 13.5. The van der Waals surface area contributed by atoms with Gasteiger partial charge in [0, 0.05) is 29.0 Å². The molecule has 0 aliphatic carbocycles. The molecule has 0 radical (unpaired) electrons. The zero-order valence-corrected chi connectivity index (χ0v) is 11.7. The van der Waals surface area contributed by atoms with Crippen molar-refractivity contribution >= 4 is 17.6 Å². The van der Waals surface area contributed by atoms with Gasteiger partial charge in [-0.2, -0.15) is 0 Å². The largest absolute Gasteiger partial charge is 0.370 e. The summed E-state index contributed by atoms with van der Waals surface area (Å²) in [5.41, 5.74) is 1.10. The predicted octanol–water partition coefficient (Wildman–Crippen LogP) is 4.33. The highest BCUT2D eigenvalue weighted by Gasteiger charge is 2.06. The normalized spacial score (nSPS) is 10.4. The van der Waals surface area contributed by atoms with Gasteiger partial charge in [-0.1, -0.05) is 25.1 Å². The van der Waals surface area contributed by atoms with Crippen LogP contribution in [0.4, 0.5) is 10.2 Å². The van der Waals surface area contributed by atoms with Crippen LogP contribution >= 0.6 is 11.8 Å². The van der Waals surface area contributed by atoms with Crippen LogP contribution in [-0.2, 0) is 5.75 Å². The van der Waals surface area contributed by atoms with Crippen molar-refractivity contribution in [2.45, 2.75) is 24.0 Å². The molecule has 2 aromatic rings. The van der Waals surface area contributed by atoms with E-state index in [-0.39, 0.29) is 5.82 Å². The number of aromatic nitrogens is 1. The molecule has 0 unspecified atom stereocenters. The Morgan fingerprint density at radius 1 is 1.21 bits per heavy atom. The van der Waals surface area contributed by atoms with Crippen molar-refractivity contribution in [3.8, 4) is 0 Å². The summed E-state index contributed by atoms with van der Waals surface area (Å²) in [5, 5.41) is 3.30. The number of benzene rings is 1. The molecule has 2 nitrogen and oxygen atoms in total. The number of nitrogens with zero attached hydrogens (tertiary/aromatic N) is 1. The zero-order chi connectivity index (χ0) is 13.5. The Hall–Kier alpha value is -1.55. The number of nitrogens with one attached hydrogen (secondary N) is 1. The van der Waals surface area contributed by atoms with Crippen LogP contribution in [0.1, 0.15) is 18.9 Å². The standard InChI is InChI=1S/C15H17FN2S/c1-2-9-17-15-12(6-5-10-18-15)11-19-14-8-4-3-7-13(14)16/h3-8,10H,2,9,11H2,1H3,(H,17,18). The van der Waals surface area contributed by atoms with Gasteiger partial charge in [0.2, 0.25) is 0 Å². The predicted molar refractivity (Wildman–Crippen MR) is 79.0 cm³/mol. The van der Waals surface area contributed by atoms with E-state index in [1.54, 1.807) is 18.3 Å². The smallest absolute Gasteiger partial charge is 0.136 e. The molecule has 4 heteroatoms. The van der Waals surface area contributed by atoms with Crippen LogP contribution in [0.15, 0.2) is 47.5 Å². The van der Waals surface area contributed by atoms with Gasteiger partial charge in [0.25, 0.3) is 0 Å². The maximum absolute atomic E-state index is 13.5. The minimum atomic E-state index is -0.167. The van der Waals surface area contributed by atoms with Crippen molar-refractivity contribution in [3.63, 3.8) is 0 Å². The lowest BCUT2D eigenvalue weighted by atomic mass is 10.3. The molecule has 100 valence electrons. The lowest BCUT2D eigenvalue weighted by Gasteiger charge is -2.10. The number of halogens is 1. The van der Waals surface area contributed by atoms with Crippen LogP contribution in [-0.4, -0.2) is 11.5 Å². The molecule has 2 rings (SSSR count). The second-order valence-electron chi connectivity index (χ2n) is 4.16. The Morgan fingerprint density at radius 2 is 2.05 bits per heavy atom. The van der Waals surface area contributed by atoms with Crippen LogP contribution in [0.5, 0.6) is 0 Å². The van der Waals surface area contributed by atoms with Gasteiger partial charge in [0.15, 0.2) is 0 Å². The van der Waals surface area contributed by atoms with Crippen LogP contribution in [0.2, 0.25) is 0 Å². The van der Waals surface area contributed by atoms with Gasteiger partial charge in [-0.3, -0.25) is 0 Å². The van der Waals surface area contributed by atoms with Crippen molar-refractivity contribution in [1.29, 1.82) is 0 Å². The van der Waals surface area contributed by atoms with Crippen molar-refractivity contribution < 1.29 is 4.39 Å². The molecule has 0 saturated heterocycles.